The number of carbonyl (C=O) groups is 1. The second kappa shape index (κ2) is 6.36. The average Bonchev–Trinajstić information content (AvgIpc) is 2.77. The number of hydrogen-bond acceptors (Lipinski definition) is 3. The van der Waals surface area contributed by atoms with E-state index in [0.717, 1.165) is 18.4 Å². The molecule has 2 N–H and O–H groups in total. The van der Waals surface area contributed by atoms with Crippen LogP contribution in [0.15, 0.2) is 12.4 Å². The maximum Gasteiger partial charge on any atom is 0.407 e. The number of halogens is 3. The van der Waals surface area contributed by atoms with Crippen molar-refractivity contribution in [2.24, 2.45) is 5.92 Å². The standard InChI is InChI=1S/C13H18F3N3O2/c1-8(4-13(14,15)16)19-12(20)21-7-9-2-10(3-9)11-5-17-18-6-11/h5-6,8-10H,2-4,7H2,1H3,(H,17,18)(H,19,20). The quantitative estimate of drug-likeness (QED) is 0.879. The molecule has 5 nitrogen and oxygen atoms in total. The molecule has 1 amide bonds. The summed E-state index contributed by atoms with van der Waals surface area (Å²) in [5.74, 6) is 0.679. The van der Waals surface area contributed by atoms with Crippen LogP contribution >= 0.6 is 0 Å². The molecule has 1 aromatic rings. The molecule has 1 aromatic heterocycles. The fourth-order valence-corrected chi connectivity index (χ4v) is 2.46. The molecule has 2 rings (SSSR count). The van der Waals surface area contributed by atoms with E-state index >= 15 is 0 Å². The van der Waals surface area contributed by atoms with E-state index in [1.54, 1.807) is 6.20 Å². The molecule has 0 saturated heterocycles. The van der Waals surface area contributed by atoms with Gasteiger partial charge in [-0.1, -0.05) is 0 Å². The van der Waals surface area contributed by atoms with Gasteiger partial charge in [-0.25, -0.2) is 4.79 Å². The molecule has 1 heterocycles. The molecular weight excluding hydrogens is 287 g/mol. The molecule has 1 atom stereocenters. The zero-order valence-corrected chi connectivity index (χ0v) is 11.6. The topological polar surface area (TPSA) is 67.0 Å². The van der Waals surface area contributed by atoms with E-state index in [2.05, 4.69) is 15.5 Å². The minimum atomic E-state index is -4.29. The molecule has 0 spiro atoms. The van der Waals surface area contributed by atoms with Crippen LogP contribution in [0.2, 0.25) is 0 Å². The van der Waals surface area contributed by atoms with Gasteiger partial charge in [0.2, 0.25) is 0 Å². The summed E-state index contributed by atoms with van der Waals surface area (Å²) in [6.07, 6.45) is -0.748. The number of amides is 1. The Balaban J connectivity index is 1.60. The van der Waals surface area contributed by atoms with Crippen LogP contribution in [-0.2, 0) is 4.74 Å². The highest BCUT2D eigenvalue weighted by Crippen LogP contribution is 2.41. The lowest BCUT2D eigenvalue weighted by atomic mass is 9.73. The largest absolute Gasteiger partial charge is 0.449 e. The van der Waals surface area contributed by atoms with Crippen molar-refractivity contribution in [1.29, 1.82) is 0 Å². The normalized spacial score (nSPS) is 23.2. The smallest absolute Gasteiger partial charge is 0.407 e. The first-order chi connectivity index (χ1) is 9.83. The number of rotatable bonds is 5. The predicted octanol–water partition coefficient (Wildman–Crippen LogP) is 2.97. The molecular formula is C13H18F3N3O2. The molecule has 1 unspecified atom stereocenters. The van der Waals surface area contributed by atoms with Gasteiger partial charge in [0.05, 0.1) is 19.2 Å². The van der Waals surface area contributed by atoms with Gasteiger partial charge in [-0.15, -0.1) is 0 Å². The van der Waals surface area contributed by atoms with Crippen LogP contribution in [0, 0.1) is 5.92 Å². The van der Waals surface area contributed by atoms with Crippen molar-refractivity contribution in [2.45, 2.75) is 44.3 Å². The van der Waals surface area contributed by atoms with Crippen molar-refractivity contribution in [3.63, 3.8) is 0 Å². The molecule has 21 heavy (non-hydrogen) atoms. The van der Waals surface area contributed by atoms with Crippen molar-refractivity contribution in [1.82, 2.24) is 15.5 Å². The summed E-state index contributed by atoms with van der Waals surface area (Å²) in [5.41, 5.74) is 1.13. The van der Waals surface area contributed by atoms with Crippen LogP contribution in [0.3, 0.4) is 0 Å². The van der Waals surface area contributed by atoms with Crippen LogP contribution < -0.4 is 5.32 Å². The molecule has 0 bridgehead atoms. The monoisotopic (exact) mass is 305 g/mol. The Morgan fingerprint density at radius 1 is 1.57 bits per heavy atom. The second-order valence-corrected chi connectivity index (χ2v) is 5.53. The molecule has 1 aliphatic rings. The number of nitrogens with zero attached hydrogens (tertiary/aromatic N) is 1. The molecule has 1 fully saturated rings. The lowest BCUT2D eigenvalue weighted by molar-refractivity contribution is -0.138. The number of carbonyl (C=O) groups excluding carboxylic acids is 1. The summed E-state index contributed by atoms with van der Waals surface area (Å²) < 4.78 is 41.3. The van der Waals surface area contributed by atoms with E-state index in [1.165, 1.54) is 6.92 Å². The van der Waals surface area contributed by atoms with Gasteiger partial charge < -0.3 is 10.1 Å². The zero-order valence-electron chi connectivity index (χ0n) is 11.6. The van der Waals surface area contributed by atoms with Gasteiger partial charge in [0, 0.05) is 12.2 Å². The summed E-state index contributed by atoms with van der Waals surface area (Å²) >= 11 is 0. The predicted molar refractivity (Wildman–Crippen MR) is 68.7 cm³/mol. The molecule has 0 aromatic carbocycles. The van der Waals surface area contributed by atoms with Crippen LogP contribution in [-0.4, -0.2) is 35.1 Å². The number of aromatic nitrogens is 2. The Hall–Kier alpha value is -1.73. The maximum atomic E-state index is 12.1. The number of H-pyrrole nitrogens is 1. The third-order valence-electron chi connectivity index (χ3n) is 3.58. The summed E-state index contributed by atoms with van der Waals surface area (Å²) in [4.78, 5) is 11.4. The Morgan fingerprint density at radius 3 is 2.86 bits per heavy atom. The summed E-state index contributed by atoms with van der Waals surface area (Å²) in [6.45, 7) is 1.53. The summed E-state index contributed by atoms with van der Waals surface area (Å²) in [5, 5.41) is 8.80. The van der Waals surface area contributed by atoms with E-state index in [4.69, 9.17) is 4.74 Å². The van der Waals surface area contributed by atoms with Gasteiger partial charge in [-0.3, -0.25) is 5.10 Å². The Bertz CT molecular complexity index is 456. The van der Waals surface area contributed by atoms with Gasteiger partial charge in [-0.2, -0.15) is 18.3 Å². The first-order valence-electron chi connectivity index (χ1n) is 6.82. The summed E-state index contributed by atoms with van der Waals surface area (Å²) in [6, 6.07) is -0.988. The number of hydrogen-bond donors (Lipinski definition) is 2. The number of aromatic amines is 1. The number of ether oxygens (including phenoxy) is 1. The molecule has 1 saturated carbocycles. The van der Waals surface area contributed by atoms with Gasteiger partial charge >= 0.3 is 12.3 Å². The third-order valence-corrected chi connectivity index (χ3v) is 3.58. The van der Waals surface area contributed by atoms with E-state index in [0.29, 0.717) is 5.92 Å². The number of alkyl halides is 3. The van der Waals surface area contributed by atoms with Crippen molar-refractivity contribution < 1.29 is 22.7 Å². The number of alkyl carbamates (subject to hydrolysis) is 1. The van der Waals surface area contributed by atoms with E-state index in [9.17, 15) is 18.0 Å². The lowest BCUT2D eigenvalue weighted by Crippen LogP contribution is -2.37. The van der Waals surface area contributed by atoms with Crippen molar-refractivity contribution >= 4 is 6.09 Å². The Labute approximate surface area is 120 Å². The highest BCUT2D eigenvalue weighted by atomic mass is 19.4. The van der Waals surface area contributed by atoms with Crippen molar-refractivity contribution in [3.05, 3.63) is 18.0 Å². The van der Waals surface area contributed by atoms with Crippen LogP contribution in [0.5, 0.6) is 0 Å². The van der Waals surface area contributed by atoms with Crippen molar-refractivity contribution in [3.8, 4) is 0 Å². The van der Waals surface area contributed by atoms with Crippen molar-refractivity contribution in [2.75, 3.05) is 6.61 Å². The fraction of sp³-hybridized carbons (Fsp3) is 0.692. The average molecular weight is 305 g/mol. The summed E-state index contributed by atoms with van der Waals surface area (Å²) in [7, 11) is 0. The first-order valence-corrected chi connectivity index (χ1v) is 6.82. The molecule has 0 aliphatic heterocycles. The van der Waals surface area contributed by atoms with Gasteiger partial charge in [0.25, 0.3) is 0 Å². The maximum absolute atomic E-state index is 12.1. The lowest BCUT2D eigenvalue weighted by Gasteiger charge is -2.34. The van der Waals surface area contributed by atoms with Gasteiger partial charge in [0.15, 0.2) is 0 Å². The SMILES string of the molecule is CC(CC(F)(F)F)NC(=O)OCC1CC(c2cn[nH]c2)C1. The highest BCUT2D eigenvalue weighted by Gasteiger charge is 2.33. The second-order valence-electron chi connectivity index (χ2n) is 5.53. The minimum Gasteiger partial charge on any atom is -0.449 e. The first kappa shape index (κ1) is 15.7. The number of nitrogens with one attached hydrogen (secondary N) is 2. The van der Waals surface area contributed by atoms with Crippen LogP contribution in [0.25, 0.3) is 0 Å². The van der Waals surface area contributed by atoms with Gasteiger partial charge in [-0.05, 0) is 37.2 Å². The minimum absolute atomic E-state index is 0.235. The molecule has 8 heteroatoms. The third kappa shape index (κ3) is 4.95. The Kier molecular flexibility index (Phi) is 4.74. The van der Waals surface area contributed by atoms with Crippen LogP contribution in [0.4, 0.5) is 18.0 Å². The zero-order chi connectivity index (χ0) is 15.5. The van der Waals surface area contributed by atoms with Crippen LogP contribution in [0.1, 0.15) is 37.7 Å². The molecule has 1 aliphatic carbocycles. The molecule has 0 radical (unpaired) electrons. The van der Waals surface area contributed by atoms with E-state index < -0.39 is 24.7 Å². The molecule has 118 valence electrons. The van der Waals surface area contributed by atoms with E-state index in [1.807, 2.05) is 6.20 Å². The Morgan fingerprint density at radius 2 is 2.29 bits per heavy atom. The van der Waals surface area contributed by atoms with E-state index in [-0.39, 0.29) is 12.5 Å². The fourth-order valence-electron chi connectivity index (χ4n) is 2.46. The van der Waals surface area contributed by atoms with Gasteiger partial charge in [0.1, 0.15) is 0 Å². The highest BCUT2D eigenvalue weighted by molar-refractivity contribution is 5.67.